The molecule has 2 unspecified atom stereocenters. The summed E-state index contributed by atoms with van der Waals surface area (Å²) in [6.07, 6.45) is 13.2. The number of carbonyl (C=O) groups is 5. The summed E-state index contributed by atoms with van der Waals surface area (Å²) in [6.45, 7) is 14.7. The van der Waals surface area contributed by atoms with Crippen molar-refractivity contribution in [3.63, 3.8) is 0 Å². The van der Waals surface area contributed by atoms with Crippen molar-refractivity contribution in [2.45, 2.75) is 87.4 Å². The number of nitrogens with zero attached hydrogens (tertiary/aromatic N) is 4. The second kappa shape index (κ2) is 17.6. The first-order valence-corrected chi connectivity index (χ1v) is 22.3. The van der Waals surface area contributed by atoms with Gasteiger partial charge in [-0.25, -0.2) is 0 Å². The number of carbonyl (C=O) groups excluding carboxylic acids is 5. The van der Waals surface area contributed by atoms with E-state index < -0.39 is 0 Å². The van der Waals surface area contributed by atoms with Gasteiger partial charge in [-0.05, 0) is 113 Å². The molecule has 10 rings (SSSR count). The lowest BCUT2D eigenvalue weighted by Gasteiger charge is -2.49. The van der Waals surface area contributed by atoms with Gasteiger partial charge in [-0.3, -0.25) is 24.0 Å². The van der Waals surface area contributed by atoms with Crippen LogP contribution in [0.5, 0.6) is 0 Å². The van der Waals surface area contributed by atoms with Crippen molar-refractivity contribution < 1.29 is 24.0 Å². The molecule has 4 aliphatic heterocycles. The lowest BCUT2D eigenvalue weighted by atomic mass is 9.74. The highest BCUT2D eigenvalue weighted by Crippen LogP contribution is 2.46. The minimum absolute atomic E-state index is 0.00212. The van der Waals surface area contributed by atoms with Crippen molar-refractivity contribution in [2.75, 3.05) is 46.3 Å². The molecule has 4 N–H and O–H groups in total. The Morgan fingerprint density at radius 3 is 1.92 bits per heavy atom. The van der Waals surface area contributed by atoms with Gasteiger partial charge in [-0.15, -0.1) is 0 Å². The van der Waals surface area contributed by atoms with Crippen LogP contribution in [0.3, 0.4) is 0 Å². The zero-order valence-corrected chi connectivity index (χ0v) is 36.3. The molecule has 13 nitrogen and oxygen atoms in total. The number of allylic oxidation sites excluding steroid dienone is 2. The van der Waals surface area contributed by atoms with Crippen molar-refractivity contribution in [3.05, 3.63) is 108 Å². The predicted octanol–water partition coefficient (Wildman–Crippen LogP) is 6.18. The monoisotopic (exact) mass is 860 g/mol. The molecule has 4 fully saturated rings. The first-order chi connectivity index (χ1) is 29.8. The Kier molecular flexibility index (Phi) is 12.2. The minimum Gasteiger partial charge on any atom is -0.348 e. The van der Waals surface area contributed by atoms with E-state index in [-0.39, 0.29) is 52.7 Å². The van der Waals surface area contributed by atoms with Crippen LogP contribution >= 0.6 is 11.6 Å². The average molecular weight is 861 g/mol. The smallest absolute Gasteiger partial charge is 0.270 e. The van der Waals surface area contributed by atoms with Crippen LogP contribution in [0.2, 0.25) is 0 Å². The third kappa shape index (κ3) is 8.20. The number of likely N-dealkylation sites (tertiary alicyclic amines) is 1. The van der Waals surface area contributed by atoms with Gasteiger partial charge in [0.1, 0.15) is 11.4 Å². The lowest BCUT2D eigenvalue weighted by molar-refractivity contribution is -0.127. The number of nitrogens with one attached hydrogen (secondary N) is 4. The van der Waals surface area contributed by atoms with Crippen LogP contribution in [-0.2, 0) is 15.9 Å². The molecule has 6 heterocycles. The number of halogens is 1. The number of hydrogen-bond acceptors (Lipinski definition) is 6. The Morgan fingerprint density at radius 1 is 0.790 bits per heavy atom. The van der Waals surface area contributed by atoms with E-state index in [9.17, 15) is 24.0 Å². The zero-order chi connectivity index (χ0) is 43.8. The third-order valence-electron chi connectivity index (χ3n) is 13.7. The van der Waals surface area contributed by atoms with Gasteiger partial charge in [0.2, 0.25) is 5.91 Å². The van der Waals surface area contributed by atoms with Crippen LogP contribution in [0, 0.1) is 0 Å². The van der Waals surface area contributed by atoms with E-state index in [4.69, 9.17) is 11.6 Å². The number of fused-ring (bicyclic) bond motifs is 8. The van der Waals surface area contributed by atoms with Gasteiger partial charge in [0.05, 0.1) is 22.1 Å². The Hall–Kier alpha value is -5.66. The fourth-order valence-corrected chi connectivity index (χ4v) is 10.1. The van der Waals surface area contributed by atoms with Crippen LogP contribution in [0.4, 0.5) is 0 Å². The van der Waals surface area contributed by atoms with Gasteiger partial charge in [0, 0.05) is 78.8 Å². The van der Waals surface area contributed by atoms with Gasteiger partial charge in [-0.1, -0.05) is 49.5 Å². The van der Waals surface area contributed by atoms with Crippen molar-refractivity contribution in [3.8, 4) is 0 Å². The average Bonchev–Trinajstić information content (AvgIpc) is 3.84. The summed E-state index contributed by atoms with van der Waals surface area (Å²) >= 11 is 5.15. The fraction of sp³-hybridized carbons (Fsp3) is 0.438. The second-order valence-corrected chi connectivity index (χ2v) is 18.2. The maximum Gasteiger partial charge on any atom is 0.270 e. The van der Waals surface area contributed by atoms with Crippen molar-refractivity contribution in [1.82, 2.24) is 40.2 Å². The van der Waals surface area contributed by atoms with E-state index >= 15 is 0 Å². The van der Waals surface area contributed by atoms with Gasteiger partial charge in [0.25, 0.3) is 23.6 Å². The fourth-order valence-electron chi connectivity index (χ4n) is 10.1. The highest BCUT2D eigenvalue weighted by atomic mass is 35.5. The summed E-state index contributed by atoms with van der Waals surface area (Å²) in [6, 6.07) is 15.5. The zero-order valence-electron chi connectivity index (χ0n) is 35.6. The lowest BCUT2D eigenvalue weighted by Crippen LogP contribution is -2.55. The minimum atomic E-state index is -0.145. The molecule has 2 atom stereocenters. The van der Waals surface area contributed by atoms with Crippen LogP contribution < -0.4 is 21.3 Å². The molecule has 2 aromatic heterocycles. The predicted molar refractivity (Wildman–Crippen MR) is 243 cm³/mol. The molecule has 2 saturated heterocycles. The molecule has 4 aromatic rings. The number of benzene rings is 2. The third-order valence-corrected chi connectivity index (χ3v) is 13.8. The maximum absolute atomic E-state index is 13.0. The maximum atomic E-state index is 13.0. The number of piperidine rings is 2. The normalized spacial score (nSPS) is 21.7. The molecule has 5 amide bonds. The topological polar surface area (TPSA) is 150 Å². The number of likely N-dealkylation sites (N-methyl/N-ethyl adjacent to an activating group) is 1. The summed E-state index contributed by atoms with van der Waals surface area (Å²) in [4.78, 5) is 66.4. The first kappa shape index (κ1) is 43.0. The van der Waals surface area contributed by atoms with E-state index in [1.807, 2.05) is 60.5 Å². The van der Waals surface area contributed by atoms with Gasteiger partial charge < -0.3 is 40.2 Å². The van der Waals surface area contributed by atoms with Crippen molar-refractivity contribution >= 4 is 62.9 Å². The molecule has 0 bridgehead atoms. The van der Waals surface area contributed by atoms with Gasteiger partial charge in [-0.2, -0.15) is 0 Å². The van der Waals surface area contributed by atoms with E-state index in [0.29, 0.717) is 41.5 Å². The first-order valence-electron chi connectivity index (χ1n) is 21.9. The van der Waals surface area contributed by atoms with Gasteiger partial charge >= 0.3 is 0 Å². The number of rotatable bonds is 6. The molecule has 2 aromatic carbocycles. The molecule has 2 spiro atoms. The highest BCUT2D eigenvalue weighted by Gasteiger charge is 2.47. The molecule has 326 valence electrons. The van der Waals surface area contributed by atoms with E-state index in [2.05, 4.69) is 50.1 Å². The van der Waals surface area contributed by atoms with Gasteiger partial charge in [0.15, 0.2) is 0 Å². The molecular weight excluding hydrogens is 804 g/mol. The van der Waals surface area contributed by atoms with Crippen molar-refractivity contribution in [1.29, 1.82) is 0 Å². The number of hydrogen-bond donors (Lipinski definition) is 4. The molecule has 14 heteroatoms. The summed E-state index contributed by atoms with van der Waals surface area (Å²) in [7, 11) is 1.89. The highest BCUT2D eigenvalue weighted by molar-refractivity contribution is 6.30. The Morgan fingerprint density at radius 2 is 1.37 bits per heavy atom. The summed E-state index contributed by atoms with van der Waals surface area (Å²) in [5, 5.41) is 15.1. The Bertz CT molecular complexity index is 2470. The van der Waals surface area contributed by atoms with Crippen molar-refractivity contribution in [2.24, 2.45) is 0 Å². The van der Waals surface area contributed by atoms with E-state index in [1.165, 1.54) is 18.6 Å². The van der Waals surface area contributed by atoms with Crippen LogP contribution in [0.25, 0.3) is 21.8 Å². The molecule has 0 radical (unpaired) electrons. The quantitative estimate of drug-likeness (QED) is 0.134. The van der Waals surface area contributed by atoms with E-state index in [0.717, 1.165) is 105 Å². The molecule has 2 saturated carbocycles. The Labute approximate surface area is 367 Å². The van der Waals surface area contributed by atoms with Crippen LogP contribution in [-0.4, -0.2) is 107 Å². The summed E-state index contributed by atoms with van der Waals surface area (Å²) < 4.78 is 4.39. The molecule has 6 aliphatic rings. The summed E-state index contributed by atoms with van der Waals surface area (Å²) in [5.41, 5.74) is 4.59. The second-order valence-electron chi connectivity index (χ2n) is 17.7. The summed E-state index contributed by atoms with van der Waals surface area (Å²) in [5.74, 6) is -0.248. The SMILES string of the molecule is C=CC(=C)Cl.C=CC(=O)N1CCCC(NC(=O)c2ccc3cc4n(c3c2)C2(CCC2)CNC4=O)C1.CN1CC2(CCC2)n2c(cc3ccc(C(=O)NC4CCCNC4)cc32)C1=O. The number of aromatic nitrogens is 2. The molecular formula is C48H57ClN8O5. The van der Waals surface area contributed by atoms with Crippen LogP contribution in [0.1, 0.15) is 106 Å². The number of amides is 5. The van der Waals surface area contributed by atoms with E-state index in [1.54, 1.807) is 4.90 Å². The van der Waals surface area contributed by atoms with Crippen LogP contribution in [0.15, 0.2) is 85.5 Å². The largest absolute Gasteiger partial charge is 0.348 e. The Balaban J connectivity index is 0.000000155. The molecule has 2 aliphatic carbocycles. The standard InChI is InChI=1S/C23H26N4O3.C21H26N4O2.C4H5Cl/c1-2-20(28)26-10-3-5-17(13-26)25-21(29)16-7-6-15-11-19-22(30)24-14-23(8-4-9-23)27(19)18(15)12-16;1-24-13-21(7-3-8-21)25-17-11-15(6-5-14(17)10-18(25)20(24)27)19(26)23-16-4-2-9-22-12-16;1-3-4(2)5/h2,6-7,11-12,17H,1,3-5,8-10,13-14H2,(H,24,30)(H,25,29);5-6,10-11,16,22H,2-4,7-9,12-13H2,1H3,(H,23,26);3H,1-2H2. The molecule has 62 heavy (non-hydrogen) atoms.